The number of benzene rings is 1. The Morgan fingerprint density at radius 2 is 2.08 bits per heavy atom. The quantitative estimate of drug-likeness (QED) is 0.859. The monoisotopic (exact) mass is 368 g/mol. The second kappa shape index (κ2) is 6.70. The van der Waals surface area contributed by atoms with Crippen molar-refractivity contribution in [2.75, 3.05) is 0 Å². The van der Waals surface area contributed by atoms with Crippen molar-refractivity contribution in [3.8, 4) is 0 Å². The maximum atomic E-state index is 12.4. The lowest BCUT2D eigenvalue weighted by Crippen LogP contribution is -2.34. The molecule has 8 heteroatoms. The molecule has 1 saturated carbocycles. The van der Waals surface area contributed by atoms with Crippen LogP contribution in [0.1, 0.15) is 60.7 Å². The molecule has 1 aromatic heterocycles. The van der Waals surface area contributed by atoms with Crippen LogP contribution in [0.15, 0.2) is 22.7 Å². The number of hydrogen-bond donors (Lipinski definition) is 2. The summed E-state index contributed by atoms with van der Waals surface area (Å²) in [5.74, 6) is 0.447. The maximum absolute atomic E-state index is 12.4. The van der Waals surface area contributed by atoms with Crippen LogP contribution in [-0.2, 0) is 5.54 Å². The van der Waals surface area contributed by atoms with Gasteiger partial charge in [0.15, 0.2) is 5.82 Å². The average molecular weight is 369 g/mol. The van der Waals surface area contributed by atoms with Gasteiger partial charge in [0.25, 0.3) is 5.91 Å². The molecule has 1 aromatic carbocycles. The minimum Gasteiger partial charge on any atom is -0.340 e. The van der Waals surface area contributed by atoms with Gasteiger partial charge in [0.2, 0.25) is 5.89 Å². The first-order valence-electron chi connectivity index (χ1n) is 7.78. The SMILES string of the molecule is CC(NC(=O)c1cccc(Cl)c1Cl)c1nc(C2(N)CCCC2)no1. The van der Waals surface area contributed by atoms with E-state index in [1.54, 1.807) is 25.1 Å². The Kier molecular flexibility index (Phi) is 4.80. The summed E-state index contributed by atoms with van der Waals surface area (Å²) in [5.41, 5.74) is 6.09. The van der Waals surface area contributed by atoms with Crippen molar-refractivity contribution in [3.05, 3.63) is 45.5 Å². The molecule has 1 heterocycles. The van der Waals surface area contributed by atoms with E-state index in [2.05, 4.69) is 15.5 Å². The smallest absolute Gasteiger partial charge is 0.253 e. The minimum atomic E-state index is -0.526. The van der Waals surface area contributed by atoms with Crippen LogP contribution >= 0.6 is 23.2 Å². The first kappa shape index (κ1) is 17.2. The van der Waals surface area contributed by atoms with Crippen molar-refractivity contribution in [1.29, 1.82) is 0 Å². The number of aromatic nitrogens is 2. The van der Waals surface area contributed by atoms with Gasteiger partial charge >= 0.3 is 0 Å². The first-order valence-corrected chi connectivity index (χ1v) is 8.54. The van der Waals surface area contributed by atoms with E-state index in [9.17, 15) is 4.79 Å². The van der Waals surface area contributed by atoms with Crippen molar-refractivity contribution in [2.24, 2.45) is 5.73 Å². The molecule has 6 nitrogen and oxygen atoms in total. The van der Waals surface area contributed by atoms with Crippen molar-refractivity contribution < 1.29 is 9.32 Å². The van der Waals surface area contributed by atoms with Crippen molar-refractivity contribution >= 4 is 29.1 Å². The van der Waals surface area contributed by atoms with Crippen LogP contribution in [0.4, 0.5) is 0 Å². The lowest BCUT2D eigenvalue weighted by atomic mass is 9.99. The molecule has 1 amide bonds. The van der Waals surface area contributed by atoms with Gasteiger partial charge in [-0.15, -0.1) is 0 Å². The van der Waals surface area contributed by atoms with Gasteiger partial charge in [0.05, 0.1) is 21.1 Å². The highest BCUT2D eigenvalue weighted by molar-refractivity contribution is 6.43. The predicted octanol–water partition coefficient (Wildman–Crippen LogP) is 3.60. The molecule has 0 aliphatic heterocycles. The Hall–Kier alpha value is -1.63. The van der Waals surface area contributed by atoms with E-state index in [0.717, 1.165) is 25.7 Å². The summed E-state index contributed by atoms with van der Waals surface area (Å²) in [4.78, 5) is 16.7. The largest absolute Gasteiger partial charge is 0.340 e. The van der Waals surface area contributed by atoms with Crippen LogP contribution in [0, 0.1) is 0 Å². The Labute approximate surface area is 149 Å². The lowest BCUT2D eigenvalue weighted by Gasteiger charge is -2.17. The molecule has 1 unspecified atom stereocenters. The van der Waals surface area contributed by atoms with E-state index in [1.165, 1.54) is 0 Å². The molecule has 3 N–H and O–H groups in total. The van der Waals surface area contributed by atoms with Gasteiger partial charge < -0.3 is 15.6 Å². The molecule has 1 atom stereocenters. The van der Waals surface area contributed by atoms with E-state index < -0.39 is 11.6 Å². The van der Waals surface area contributed by atoms with Crippen molar-refractivity contribution in [3.63, 3.8) is 0 Å². The van der Waals surface area contributed by atoms with Crippen LogP contribution in [0.25, 0.3) is 0 Å². The van der Waals surface area contributed by atoms with Crippen LogP contribution < -0.4 is 11.1 Å². The molecule has 1 aliphatic carbocycles. The summed E-state index contributed by atoms with van der Waals surface area (Å²) in [6.45, 7) is 1.76. The fraction of sp³-hybridized carbons (Fsp3) is 0.438. The number of amides is 1. The zero-order valence-electron chi connectivity index (χ0n) is 13.2. The highest BCUT2D eigenvalue weighted by Gasteiger charge is 2.36. The molecule has 1 aliphatic rings. The molecule has 0 bridgehead atoms. The maximum Gasteiger partial charge on any atom is 0.253 e. The molecular formula is C16H18Cl2N4O2. The number of nitrogens with zero attached hydrogens (tertiary/aromatic N) is 2. The lowest BCUT2D eigenvalue weighted by molar-refractivity contribution is 0.0932. The summed E-state index contributed by atoms with van der Waals surface area (Å²) in [5, 5.41) is 7.30. The van der Waals surface area contributed by atoms with E-state index in [4.69, 9.17) is 33.5 Å². The number of nitrogens with two attached hydrogens (primary N) is 1. The highest BCUT2D eigenvalue weighted by Crippen LogP contribution is 2.35. The van der Waals surface area contributed by atoms with Gasteiger partial charge in [-0.25, -0.2) is 0 Å². The fourth-order valence-electron chi connectivity index (χ4n) is 2.86. The number of hydrogen-bond acceptors (Lipinski definition) is 5. The molecule has 0 radical (unpaired) electrons. The first-order chi connectivity index (χ1) is 11.4. The molecule has 0 spiro atoms. The summed E-state index contributed by atoms with van der Waals surface area (Å²) < 4.78 is 5.28. The molecule has 0 saturated heterocycles. The molecule has 24 heavy (non-hydrogen) atoms. The van der Waals surface area contributed by atoms with Gasteiger partial charge in [0, 0.05) is 0 Å². The summed E-state index contributed by atoms with van der Waals surface area (Å²) in [6.07, 6.45) is 3.79. The van der Waals surface area contributed by atoms with Crippen LogP contribution in [-0.4, -0.2) is 16.0 Å². The third-order valence-electron chi connectivity index (χ3n) is 4.30. The van der Waals surface area contributed by atoms with Gasteiger partial charge in [-0.05, 0) is 31.9 Å². The second-order valence-corrected chi connectivity index (χ2v) is 6.90. The van der Waals surface area contributed by atoms with Gasteiger partial charge in [0.1, 0.15) is 6.04 Å². The Morgan fingerprint density at radius 3 is 2.79 bits per heavy atom. The highest BCUT2D eigenvalue weighted by atomic mass is 35.5. The second-order valence-electron chi connectivity index (χ2n) is 6.12. The van der Waals surface area contributed by atoms with Gasteiger partial charge in [-0.2, -0.15) is 4.98 Å². The zero-order valence-corrected chi connectivity index (χ0v) is 14.7. The molecule has 2 aromatic rings. The summed E-state index contributed by atoms with van der Waals surface area (Å²) >= 11 is 12.0. The standard InChI is InChI=1S/C16H18Cl2N4O2/c1-9(20-13(23)10-5-4-6-11(17)12(10)18)14-21-15(22-24-14)16(19)7-2-3-8-16/h4-6,9H,2-3,7-8,19H2,1H3,(H,20,23). The van der Waals surface area contributed by atoms with Crippen molar-refractivity contribution in [1.82, 2.24) is 15.5 Å². The summed E-state index contributed by atoms with van der Waals surface area (Å²) in [6, 6.07) is 4.41. The number of carbonyl (C=O) groups is 1. The Morgan fingerprint density at radius 1 is 1.38 bits per heavy atom. The van der Waals surface area contributed by atoms with E-state index >= 15 is 0 Å². The predicted molar refractivity (Wildman–Crippen MR) is 91.0 cm³/mol. The van der Waals surface area contributed by atoms with Gasteiger partial charge in [-0.3, -0.25) is 4.79 Å². The van der Waals surface area contributed by atoms with Gasteiger partial charge in [-0.1, -0.05) is 47.3 Å². The number of halogens is 2. The van der Waals surface area contributed by atoms with Crippen LogP contribution in [0.3, 0.4) is 0 Å². The van der Waals surface area contributed by atoms with E-state index in [1.807, 2.05) is 0 Å². The minimum absolute atomic E-state index is 0.210. The van der Waals surface area contributed by atoms with E-state index in [-0.39, 0.29) is 10.9 Å². The van der Waals surface area contributed by atoms with Crippen LogP contribution in [0.5, 0.6) is 0 Å². The molecule has 128 valence electrons. The van der Waals surface area contributed by atoms with Crippen molar-refractivity contribution in [2.45, 2.75) is 44.2 Å². The number of nitrogens with one attached hydrogen (secondary N) is 1. The molecule has 1 fully saturated rings. The third-order valence-corrected chi connectivity index (χ3v) is 5.12. The molecule has 3 rings (SSSR count). The summed E-state index contributed by atoms with van der Waals surface area (Å²) in [7, 11) is 0. The zero-order chi connectivity index (χ0) is 17.3. The normalized spacial score (nSPS) is 17.7. The average Bonchev–Trinajstić information content (AvgIpc) is 3.19. The van der Waals surface area contributed by atoms with E-state index in [0.29, 0.717) is 22.3 Å². The molecular weight excluding hydrogens is 351 g/mol. The number of carbonyl (C=O) groups excluding carboxylic acids is 1. The van der Waals surface area contributed by atoms with Crippen LogP contribution in [0.2, 0.25) is 10.0 Å². The fourth-order valence-corrected chi connectivity index (χ4v) is 3.24. The Balaban J connectivity index is 1.73. The Bertz CT molecular complexity index is 756. The third kappa shape index (κ3) is 3.27. The number of rotatable bonds is 4. The topological polar surface area (TPSA) is 94.0 Å².